The average Bonchev–Trinajstić information content (AvgIpc) is 3.48. The number of imide groups is 1. The van der Waals surface area contributed by atoms with Gasteiger partial charge in [0, 0.05) is 25.6 Å². The van der Waals surface area contributed by atoms with Crippen LogP contribution in [-0.2, 0) is 21.0 Å². The SMILES string of the molecule is CCCN(CCC)c1c([N+](=O)[O-])cc(C(F)(F)F)c(N)c1[N+](=O)[O-].O=C1[C@H]2C[C@H](F)CN2C(=O)N1c1cc(NS(=O)(=O)CCl)c(Cl)cc1F. The Morgan fingerprint density at radius 1 is 1.10 bits per heavy atom. The molecule has 15 nitrogen and oxygen atoms in total. The van der Waals surface area contributed by atoms with Crippen LogP contribution in [0.2, 0.25) is 5.02 Å². The van der Waals surface area contributed by atoms with Gasteiger partial charge in [-0.05, 0) is 25.0 Å². The highest BCUT2D eigenvalue weighted by Crippen LogP contribution is 2.48. The molecular formula is C26H28Cl2F5N7O8S. The summed E-state index contributed by atoms with van der Waals surface area (Å²) in [6.07, 6.45) is -5.54. The Morgan fingerprint density at radius 2 is 1.69 bits per heavy atom. The fourth-order valence-electron chi connectivity index (χ4n) is 5.21. The zero-order chi connectivity index (χ0) is 37.2. The second-order valence-corrected chi connectivity index (χ2v) is 13.3. The van der Waals surface area contributed by atoms with E-state index in [1.165, 1.54) is 4.90 Å². The third-order valence-corrected chi connectivity index (χ3v) is 9.15. The van der Waals surface area contributed by atoms with Crippen molar-refractivity contribution in [2.75, 3.05) is 45.1 Å². The number of alkyl halides is 5. The number of fused-ring (bicyclic) bond motifs is 1. The second-order valence-electron chi connectivity index (χ2n) is 10.6. The second kappa shape index (κ2) is 15.1. The zero-order valence-electron chi connectivity index (χ0n) is 25.5. The molecule has 2 heterocycles. The largest absolute Gasteiger partial charge is 0.418 e. The number of nitrogens with zero attached hydrogens (tertiary/aromatic N) is 5. The summed E-state index contributed by atoms with van der Waals surface area (Å²) < 4.78 is 91.9. The van der Waals surface area contributed by atoms with Gasteiger partial charge in [-0.25, -0.2) is 26.9 Å². The molecule has 0 radical (unpaired) electrons. The van der Waals surface area contributed by atoms with Crippen molar-refractivity contribution in [1.82, 2.24) is 4.90 Å². The molecule has 0 unspecified atom stereocenters. The molecule has 2 aromatic carbocycles. The third kappa shape index (κ3) is 8.32. The standard InChI is InChI=1S/C13H11Cl2F2N3O4S.C13H17F3N4O4/c14-5-25(23,24)18-9-3-10(8(17)2-7(9)15)20-12(21)11-1-6(16)4-19(11)13(20)22;1-3-5-18(6-4-2)11-9(19(21)22)7-8(13(14,15)16)10(17)12(11)20(23)24/h2-3,6,11,18H,1,4-5H2;7H,3-6,17H2,1-2H3/t6-,11+;/m0./s1. The van der Waals surface area contributed by atoms with Gasteiger partial charge in [0.2, 0.25) is 10.0 Å². The molecule has 0 spiro atoms. The zero-order valence-corrected chi connectivity index (χ0v) is 27.8. The maximum Gasteiger partial charge on any atom is 0.418 e. The molecule has 2 saturated heterocycles. The van der Waals surface area contributed by atoms with Crippen LogP contribution < -0.4 is 20.3 Å². The van der Waals surface area contributed by atoms with E-state index in [2.05, 4.69) is 0 Å². The minimum atomic E-state index is -5.04. The smallest absolute Gasteiger partial charge is 0.393 e. The van der Waals surface area contributed by atoms with Gasteiger partial charge in [0.1, 0.15) is 28.9 Å². The van der Waals surface area contributed by atoms with Crippen LogP contribution in [0.1, 0.15) is 38.7 Å². The number of halogens is 7. The maximum atomic E-state index is 14.3. The van der Waals surface area contributed by atoms with Crippen LogP contribution in [0.5, 0.6) is 0 Å². The highest BCUT2D eigenvalue weighted by atomic mass is 35.5. The first-order valence-electron chi connectivity index (χ1n) is 14.1. The average molecular weight is 765 g/mol. The molecule has 2 aromatic rings. The number of rotatable bonds is 11. The van der Waals surface area contributed by atoms with E-state index in [9.17, 15) is 60.2 Å². The molecule has 23 heteroatoms. The summed E-state index contributed by atoms with van der Waals surface area (Å²) in [5, 5.41) is 21.5. The van der Waals surface area contributed by atoms with Gasteiger partial charge in [0.15, 0.2) is 5.69 Å². The number of nitro benzene ring substituents is 2. The van der Waals surface area contributed by atoms with E-state index >= 15 is 0 Å². The predicted octanol–water partition coefficient (Wildman–Crippen LogP) is 6.03. The summed E-state index contributed by atoms with van der Waals surface area (Å²) >= 11 is 11.1. The number of benzene rings is 2. The normalized spacial score (nSPS) is 17.5. The number of nitrogens with one attached hydrogen (secondary N) is 1. The Balaban J connectivity index is 0.000000266. The molecular weight excluding hydrogens is 736 g/mol. The maximum absolute atomic E-state index is 14.3. The van der Waals surface area contributed by atoms with Crippen LogP contribution >= 0.6 is 23.2 Å². The van der Waals surface area contributed by atoms with Crippen molar-refractivity contribution < 1.29 is 49.8 Å². The van der Waals surface area contributed by atoms with E-state index in [1.54, 1.807) is 13.8 Å². The van der Waals surface area contributed by atoms with Crippen molar-refractivity contribution in [3.8, 4) is 0 Å². The topological polar surface area (TPSA) is 202 Å². The van der Waals surface area contributed by atoms with Crippen molar-refractivity contribution in [3.63, 3.8) is 0 Å². The van der Waals surface area contributed by atoms with Gasteiger partial charge >= 0.3 is 17.9 Å². The fraction of sp³-hybridized carbons (Fsp3) is 0.462. The number of nitro groups is 2. The lowest BCUT2D eigenvalue weighted by molar-refractivity contribution is -0.392. The van der Waals surface area contributed by atoms with E-state index in [0.29, 0.717) is 17.7 Å². The van der Waals surface area contributed by atoms with Crippen LogP contribution in [0.25, 0.3) is 0 Å². The number of nitrogens with two attached hydrogens (primary N) is 1. The van der Waals surface area contributed by atoms with Crippen molar-refractivity contribution >= 4 is 79.3 Å². The molecule has 0 bridgehead atoms. The van der Waals surface area contributed by atoms with Crippen LogP contribution in [-0.4, -0.2) is 72.2 Å². The number of hydrogen-bond acceptors (Lipinski definition) is 10. The molecule has 2 fully saturated rings. The predicted molar refractivity (Wildman–Crippen MR) is 170 cm³/mol. The molecule has 3 amide bonds. The molecule has 4 rings (SSSR count). The van der Waals surface area contributed by atoms with Crippen molar-refractivity contribution in [2.45, 2.75) is 51.5 Å². The van der Waals surface area contributed by atoms with Gasteiger partial charge in [0.25, 0.3) is 11.6 Å². The Labute approximate surface area is 285 Å². The van der Waals surface area contributed by atoms with Gasteiger partial charge in [-0.15, -0.1) is 11.6 Å². The lowest BCUT2D eigenvalue weighted by Crippen LogP contribution is -2.35. The van der Waals surface area contributed by atoms with Crippen molar-refractivity contribution in [3.05, 3.63) is 54.8 Å². The number of carbonyl (C=O) groups excluding carboxylic acids is 2. The molecule has 2 aliphatic heterocycles. The van der Waals surface area contributed by atoms with Crippen LogP contribution in [0.4, 0.5) is 60.9 Å². The summed E-state index contributed by atoms with van der Waals surface area (Å²) in [5.41, 5.74) is -0.616. The minimum absolute atomic E-state index is 0.165. The van der Waals surface area contributed by atoms with Gasteiger partial charge in [0.05, 0.1) is 38.4 Å². The van der Waals surface area contributed by atoms with Crippen LogP contribution in [0.15, 0.2) is 18.2 Å². The number of amides is 3. The summed E-state index contributed by atoms with van der Waals surface area (Å²) in [4.78, 5) is 48.0. The molecule has 49 heavy (non-hydrogen) atoms. The lowest BCUT2D eigenvalue weighted by atomic mass is 10.1. The Morgan fingerprint density at radius 3 is 2.16 bits per heavy atom. The summed E-state index contributed by atoms with van der Waals surface area (Å²) in [7, 11) is -3.94. The highest BCUT2D eigenvalue weighted by molar-refractivity contribution is 7.93. The first-order chi connectivity index (χ1) is 22.7. The van der Waals surface area contributed by atoms with Crippen molar-refractivity contribution in [2.24, 2.45) is 0 Å². The number of anilines is 4. The number of carbonyl (C=O) groups is 2. The summed E-state index contributed by atoms with van der Waals surface area (Å²) in [5.74, 6) is -1.78. The summed E-state index contributed by atoms with van der Waals surface area (Å²) in [6.45, 7) is 3.65. The number of sulfonamides is 1. The molecule has 270 valence electrons. The number of hydrogen-bond donors (Lipinski definition) is 2. The van der Waals surface area contributed by atoms with Gasteiger partial charge < -0.3 is 15.5 Å². The van der Waals surface area contributed by atoms with E-state index in [4.69, 9.17) is 28.9 Å². The first kappa shape index (κ1) is 39.2. The molecule has 0 aliphatic carbocycles. The summed E-state index contributed by atoms with van der Waals surface area (Å²) in [6, 6.07) is 0.0798. The molecule has 2 atom stereocenters. The van der Waals surface area contributed by atoms with E-state index in [0.717, 1.165) is 17.0 Å². The number of urea groups is 1. The van der Waals surface area contributed by atoms with E-state index < -0.39 is 95.2 Å². The van der Waals surface area contributed by atoms with E-state index in [1.807, 2.05) is 4.72 Å². The fourth-order valence-corrected chi connectivity index (χ4v) is 6.19. The minimum Gasteiger partial charge on any atom is -0.393 e. The lowest BCUT2D eigenvalue weighted by Gasteiger charge is -2.24. The first-order valence-corrected chi connectivity index (χ1v) is 16.7. The quantitative estimate of drug-likeness (QED) is 0.0680. The molecule has 3 N–H and O–H groups in total. The van der Waals surface area contributed by atoms with Gasteiger partial charge in [-0.1, -0.05) is 25.4 Å². The van der Waals surface area contributed by atoms with Gasteiger partial charge in [-0.3, -0.25) is 29.7 Å². The Bertz CT molecular complexity index is 1740. The molecule has 2 aliphatic rings. The third-order valence-electron chi connectivity index (χ3n) is 7.16. The molecule has 0 saturated carbocycles. The van der Waals surface area contributed by atoms with Crippen molar-refractivity contribution in [1.29, 1.82) is 0 Å². The Hall–Kier alpha value is -4.24. The highest BCUT2D eigenvalue weighted by Gasteiger charge is 2.52. The monoisotopic (exact) mass is 763 g/mol. The van der Waals surface area contributed by atoms with Crippen LogP contribution in [0.3, 0.4) is 0 Å². The van der Waals surface area contributed by atoms with E-state index in [-0.39, 0.29) is 42.8 Å². The Kier molecular flexibility index (Phi) is 12.1. The molecule has 0 aromatic heterocycles. The van der Waals surface area contributed by atoms with Crippen LogP contribution in [0, 0.1) is 26.0 Å². The number of nitrogen functional groups attached to an aromatic ring is 1. The van der Waals surface area contributed by atoms with Gasteiger partial charge in [-0.2, -0.15) is 13.2 Å².